The first kappa shape index (κ1) is 23.4. The Kier molecular flexibility index (Phi) is 5.89. The summed E-state index contributed by atoms with van der Waals surface area (Å²) in [5.74, 6) is -4.80. The fourth-order valence-corrected chi connectivity index (χ4v) is 3.57. The highest BCUT2D eigenvalue weighted by Gasteiger charge is 2.45. The molecule has 4 rings (SSSR count). The minimum Gasteiger partial charge on any atom is -0.508 e. The van der Waals surface area contributed by atoms with Gasteiger partial charge in [0.15, 0.2) is 17.3 Å². The van der Waals surface area contributed by atoms with Crippen LogP contribution in [0.5, 0.6) is 34.5 Å². The van der Waals surface area contributed by atoms with Crippen molar-refractivity contribution in [1.82, 2.24) is 0 Å². The lowest BCUT2D eigenvalue weighted by molar-refractivity contribution is -0.277. The number of phenols is 4. The van der Waals surface area contributed by atoms with Gasteiger partial charge in [0.2, 0.25) is 23.2 Å². The Balaban J connectivity index is 1.79. The SMILES string of the molecule is O=c1c(O)c(-c2cc(O)c(O)c(O[C@@H]3OC(CO)[C@@H](O)C(O)C3O)c2)oc2cc(O)cc(O)c12. The molecule has 1 aliphatic heterocycles. The van der Waals surface area contributed by atoms with Crippen LogP contribution < -0.4 is 10.2 Å². The molecule has 9 N–H and O–H groups in total. The average Bonchev–Trinajstić information content (AvgIpc) is 2.78. The summed E-state index contributed by atoms with van der Waals surface area (Å²) in [5.41, 5.74) is -1.58. The zero-order chi connectivity index (χ0) is 24.9. The molecule has 1 aliphatic rings. The molecule has 182 valence electrons. The third-order valence-electron chi connectivity index (χ3n) is 5.34. The standard InChI is InChI=1S/C21H20O13/c22-5-12-15(27)17(29)19(31)21(34-12)33-11-2-6(1-9(25)14(11)26)20-18(30)16(28)13-8(24)3-7(23)4-10(13)32-20/h1-4,12,15,17,19,21-27,29-31H,5H2/t12?,15-,17?,19?,21-/m1/s1. The van der Waals surface area contributed by atoms with E-state index in [0.717, 1.165) is 24.3 Å². The van der Waals surface area contributed by atoms with Crippen molar-refractivity contribution in [3.8, 4) is 45.8 Å². The van der Waals surface area contributed by atoms with Crippen molar-refractivity contribution < 1.29 is 59.8 Å². The van der Waals surface area contributed by atoms with Gasteiger partial charge in [0, 0.05) is 17.7 Å². The van der Waals surface area contributed by atoms with Crippen molar-refractivity contribution in [3.63, 3.8) is 0 Å². The van der Waals surface area contributed by atoms with E-state index >= 15 is 0 Å². The van der Waals surface area contributed by atoms with E-state index in [1.54, 1.807) is 0 Å². The zero-order valence-electron chi connectivity index (χ0n) is 17.1. The van der Waals surface area contributed by atoms with Crippen molar-refractivity contribution in [2.75, 3.05) is 6.61 Å². The molecule has 3 unspecified atom stereocenters. The van der Waals surface area contributed by atoms with Crippen LogP contribution in [-0.2, 0) is 4.74 Å². The average molecular weight is 480 g/mol. The minimum absolute atomic E-state index is 0.214. The molecule has 34 heavy (non-hydrogen) atoms. The fraction of sp³-hybridized carbons (Fsp3) is 0.286. The Labute approximate surface area is 189 Å². The molecule has 13 nitrogen and oxygen atoms in total. The number of phenolic OH excluding ortho intramolecular Hbond substituents is 4. The topological polar surface area (TPSA) is 231 Å². The normalized spacial score (nSPS) is 24.9. The summed E-state index contributed by atoms with van der Waals surface area (Å²) in [7, 11) is 0. The van der Waals surface area contributed by atoms with Crippen LogP contribution in [0.2, 0.25) is 0 Å². The van der Waals surface area contributed by atoms with E-state index < -0.39 is 88.4 Å². The largest absolute Gasteiger partial charge is 0.508 e. The van der Waals surface area contributed by atoms with Gasteiger partial charge in [-0.3, -0.25) is 4.79 Å². The van der Waals surface area contributed by atoms with E-state index in [1.807, 2.05) is 0 Å². The van der Waals surface area contributed by atoms with Gasteiger partial charge in [0.25, 0.3) is 0 Å². The maximum atomic E-state index is 12.6. The molecule has 1 aromatic heterocycles. The van der Waals surface area contributed by atoms with Crippen molar-refractivity contribution in [3.05, 3.63) is 34.5 Å². The minimum atomic E-state index is -1.83. The Bertz CT molecular complexity index is 1300. The van der Waals surface area contributed by atoms with Gasteiger partial charge in [-0.15, -0.1) is 0 Å². The van der Waals surface area contributed by atoms with Crippen LogP contribution in [0.1, 0.15) is 0 Å². The van der Waals surface area contributed by atoms with Crippen molar-refractivity contribution in [2.45, 2.75) is 30.7 Å². The highest BCUT2D eigenvalue weighted by Crippen LogP contribution is 2.43. The third-order valence-corrected chi connectivity index (χ3v) is 5.34. The molecule has 0 radical (unpaired) electrons. The predicted molar refractivity (Wildman–Crippen MR) is 111 cm³/mol. The molecule has 5 atom stereocenters. The highest BCUT2D eigenvalue weighted by atomic mass is 16.7. The number of hydrogen-bond acceptors (Lipinski definition) is 13. The van der Waals surface area contributed by atoms with Crippen LogP contribution in [0.15, 0.2) is 33.5 Å². The summed E-state index contributed by atoms with van der Waals surface area (Å²) in [6, 6.07) is 3.77. The van der Waals surface area contributed by atoms with Crippen LogP contribution in [0, 0.1) is 0 Å². The van der Waals surface area contributed by atoms with Crippen LogP contribution >= 0.6 is 0 Å². The quantitative estimate of drug-likeness (QED) is 0.208. The molecular weight excluding hydrogens is 460 g/mol. The first-order valence-corrected chi connectivity index (χ1v) is 9.78. The smallest absolute Gasteiger partial charge is 0.238 e. The molecule has 1 saturated heterocycles. The summed E-state index contributed by atoms with van der Waals surface area (Å²) in [6.45, 7) is -0.738. The lowest BCUT2D eigenvalue weighted by atomic mass is 9.99. The van der Waals surface area contributed by atoms with Gasteiger partial charge >= 0.3 is 0 Å². The van der Waals surface area contributed by atoms with E-state index in [-0.39, 0.29) is 11.1 Å². The summed E-state index contributed by atoms with van der Waals surface area (Å²) in [4.78, 5) is 12.6. The lowest BCUT2D eigenvalue weighted by Gasteiger charge is -2.39. The second kappa shape index (κ2) is 8.55. The molecule has 2 aromatic carbocycles. The second-order valence-corrected chi connectivity index (χ2v) is 7.60. The molecule has 13 heteroatoms. The Morgan fingerprint density at radius 2 is 1.56 bits per heavy atom. The molecule has 3 aromatic rings. The molecule has 1 fully saturated rings. The summed E-state index contributed by atoms with van der Waals surface area (Å²) in [6.07, 6.45) is -8.31. The first-order chi connectivity index (χ1) is 16.0. The summed E-state index contributed by atoms with van der Waals surface area (Å²) < 4.78 is 16.0. The van der Waals surface area contributed by atoms with Crippen molar-refractivity contribution in [1.29, 1.82) is 0 Å². The zero-order valence-corrected chi connectivity index (χ0v) is 17.1. The third kappa shape index (κ3) is 3.81. The van der Waals surface area contributed by atoms with E-state index in [4.69, 9.17) is 13.9 Å². The monoisotopic (exact) mass is 480 g/mol. The van der Waals surface area contributed by atoms with E-state index in [9.17, 15) is 50.8 Å². The lowest BCUT2D eigenvalue weighted by Crippen LogP contribution is -2.60. The van der Waals surface area contributed by atoms with Crippen molar-refractivity contribution in [2.24, 2.45) is 0 Å². The van der Waals surface area contributed by atoms with Gasteiger partial charge in [0.05, 0.1) is 6.61 Å². The van der Waals surface area contributed by atoms with Crippen LogP contribution in [0.4, 0.5) is 0 Å². The Morgan fingerprint density at radius 1 is 0.853 bits per heavy atom. The fourth-order valence-electron chi connectivity index (χ4n) is 3.57. The first-order valence-electron chi connectivity index (χ1n) is 9.78. The number of rotatable bonds is 4. The van der Waals surface area contributed by atoms with Gasteiger partial charge in [-0.05, 0) is 12.1 Å². The number of aromatic hydroxyl groups is 5. The molecule has 0 spiro atoms. The van der Waals surface area contributed by atoms with Crippen LogP contribution in [0.25, 0.3) is 22.3 Å². The summed E-state index contributed by atoms with van der Waals surface area (Å²) >= 11 is 0. The molecule has 0 amide bonds. The number of hydrogen-bond donors (Lipinski definition) is 9. The summed E-state index contributed by atoms with van der Waals surface area (Å²) in [5, 5.41) is 89.1. The molecule has 0 saturated carbocycles. The van der Waals surface area contributed by atoms with Crippen LogP contribution in [0.3, 0.4) is 0 Å². The maximum Gasteiger partial charge on any atom is 0.238 e. The number of aliphatic hydroxyl groups is 4. The second-order valence-electron chi connectivity index (χ2n) is 7.60. The number of aliphatic hydroxyl groups excluding tert-OH is 4. The molecule has 0 aliphatic carbocycles. The molecular formula is C21H20O13. The number of ether oxygens (including phenoxy) is 2. The Morgan fingerprint density at radius 3 is 2.24 bits per heavy atom. The number of benzene rings is 2. The van der Waals surface area contributed by atoms with E-state index in [0.29, 0.717) is 0 Å². The van der Waals surface area contributed by atoms with Gasteiger partial charge in [-0.1, -0.05) is 0 Å². The maximum absolute atomic E-state index is 12.6. The molecule has 0 bridgehead atoms. The highest BCUT2D eigenvalue weighted by molar-refractivity contribution is 5.88. The van der Waals surface area contributed by atoms with Gasteiger partial charge in [-0.25, -0.2) is 0 Å². The van der Waals surface area contributed by atoms with Gasteiger partial charge in [0.1, 0.15) is 46.9 Å². The van der Waals surface area contributed by atoms with E-state index in [2.05, 4.69) is 0 Å². The van der Waals surface area contributed by atoms with E-state index in [1.165, 1.54) is 0 Å². The molecule has 2 heterocycles. The van der Waals surface area contributed by atoms with Crippen molar-refractivity contribution >= 4 is 11.0 Å². The Hall–Kier alpha value is -3.75. The van der Waals surface area contributed by atoms with Crippen LogP contribution in [-0.4, -0.2) is 83.3 Å². The van der Waals surface area contributed by atoms with Gasteiger partial charge < -0.3 is 59.8 Å². The predicted octanol–water partition coefficient (Wildman–Crippen LogP) is -0.833. The van der Waals surface area contributed by atoms with Gasteiger partial charge in [-0.2, -0.15) is 0 Å². The number of fused-ring (bicyclic) bond motifs is 1.